The fraction of sp³-hybridized carbons (Fsp3) is 0.211. The largest absolute Gasteiger partial charge is 0.496 e. The van der Waals surface area contributed by atoms with Gasteiger partial charge in [-0.2, -0.15) is 0 Å². The Bertz CT molecular complexity index is 900. The molecule has 0 amide bonds. The van der Waals surface area contributed by atoms with E-state index < -0.39 is 0 Å². The highest BCUT2D eigenvalue weighted by Crippen LogP contribution is 2.36. The maximum Gasteiger partial charge on any atom is 0.340 e. The van der Waals surface area contributed by atoms with Gasteiger partial charge in [0.05, 0.1) is 29.3 Å². The quantitative estimate of drug-likeness (QED) is 0.598. The van der Waals surface area contributed by atoms with Crippen LogP contribution >= 0.6 is 15.9 Å². The van der Waals surface area contributed by atoms with Crippen molar-refractivity contribution in [2.75, 3.05) is 13.7 Å². The van der Waals surface area contributed by atoms with Gasteiger partial charge in [0.15, 0.2) is 0 Å². The van der Waals surface area contributed by atoms with Crippen LogP contribution in [0.5, 0.6) is 5.75 Å². The van der Waals surface area contributed by atoms with Crippen LogP contribution in [0, 0.1) is 6.92 Å². The molecule has 0 aliphatic carbocycles. The van der Waals surface area contributed by atoms with Crippen molar-refractivity contribution in [3.8, 4) is 11.4 Å². The van der Waals surface area contributed by atoms with Crippen molar-refractivity contribution in [1.82, 2.24) is 4.57 Å². The first-order valence-corrected chi connectivity index (χ1v) is 8.48. The highest BCUT2D eigenvalue weighted by molar-refractivity contribution is 9.10. The third-order valence-electron chi connectivity index (χ3n) is 3.97. The Kier molecular flexibility index (Phi) is 4.62. The molecule has 0 spiro atoms. The van der Waals surface area contributed by atoms with E-state index in [9.17, 15) is 4.79 Å². The Morgan fingerprint density at radius 2 is 1.92 bits per heavy atom. The predicted octanol–water partition coefficient (Wildman–Crippen LogP) is 4.89. The zero-order valence-electron chi connectivity index (χ0n) is 13.8. The molecule has 5 heteroatoms. The minimum absolute atomic E-state index is 0.320. The second-order valence-corrected chi connectivity index (χ2v) is 6.21. The fourth-order valence-electron chi connectivity index (χ4n) is 2.94. The molecule has 1 heterocycles. The van der Waals surface area contributed by atoms with Gasteiger partial charge in [0, 0.05) is 16.8 Å². The van der Waals surface area contributed by atoms with Gasteiger partial charge in [-0.3, -0.25) is 0 Å². The zero-order chi connectivity index (χ0) is 17.3. The number of carbonyl (C=O) groups is 1. The summed E-state index contributed by atoms with van der Waals surface area (Å²) < 4.78 is 13.6. The summed E-state index contributed by atoms with van der Waals surface area (Å²) in [6, 6.07) is 13.8. The highest BCUT2D eigenvalue weighted by atomic mass is 79.9. The number of para-hydroxylation sites is 1. The average molecular weight is 388 g/mol. The smallest absolute Gasteiger partial charge is 0.340 e. The molecule has 0 atom stereocenters. The SMILES string of the molecule is CCOC(=O)c1c(C)n(-c2ccccc2)c2cc(Br)c(OC)cc12. The normalized spacial score (nSPS) is 10.8. The maximum atomic E-state index is 12.5. The van der Waals surface area contributed by atoms with Crippen LogP contribution in [0.1, 0.15) is 23.0 Å². The monoisotopic (exact) mass is 387 g/mol. The van der Waals surface area contributed by atoms with E-state index in [1.54, 1.807) is 14.0 Å². The fourth-order valence-corrected chi connectivity index (χ4v) is 3.44. The molecule has 124 valence electrons. The van der Waals surface area contributed by atoms with E-state index in [1.165, 1.54) is 0 Å². The Balaban J connectivity index is 2.38. The van der Waals surface area contributed by atoms with E-state index in [2.05, 4.69) is 20.5 Å². The number of ether oxygens (including phenoxy) is 2. The van der Waals surface area contributed by atoms with Crippen LogP contribution in [-0.2, 0) is 4.74 Å². The molecule has 24 heavy (non-hydrogen) atoms. The van der Waals surface area contributed by atoms with Crippen LogP contribution in [0.2, 0.25) is 0 Å². The van der Waals surface area contributed by atoms with Crippen molar-refractivity contribution in [3.63, 3.8) is 0 Å². The molecule has 4 nitrogen and oxygen atoms in total. The summed E-state index contributed by atoms with van der Waals surface area (Å²) >= 11 is 3.53. The predicted molar refractivity (Wildman–Crippen MR) is 98.2 cm³/mol. The first kappa shape index (κ1) is 16.6. The van der Waals surface area contributed by atoms with Gasteiger partial charge >= 0.3 is 5.97 Å². The van der Waals surface area contributed by atoms with E-state index in [-0.39, 0.29) is 5.97 Å². The standard InChI is InChI=1S/C19H18BrNO3/c1-4-24-19(22)18-12(2)21(13-8-6-5-7-9-13)16-11-15(20)17(23-3)10-14(16)18/h5-11H,4H2,1-3H3. The molecular formula is C19H18BrNO3. The molecule has 0 aliphatic heterocycles. The number of carbonyl (C=O) groups excluding carboxylic acids is 1. The molecule has 0 saturated carbocycles. The van der Waals surface area contributed by atoms with Crippen LogP contribution in [0.25, 0.3) is 16.6 Å². The van der Waals surface area contributed by atoms with Gasteiger partial charge in [-0.15, -0.1) is 0 Å². The molecule has 3 rings (SSSR count). The molecule has 0 N–H and O–H groups in total. The van der Waals surface area contributed by atoms with E-state index >= 15 is 0 Å². The Hall–Kier alpha value is -2.27. The number of hydrogen-bond donors (Lipinski definition) is 0. The van der Waals surface area contributed by atoms with Crippen molar-refractivity contribution >= 4 is 32.8 Å². The molecule has 0 bridgehead atoms. The van der Waals surface area contributed by atoms with Gasteiger partial charge in [0.25, 0.3) is 0 Å². The summed E-state index contributed by atoms with van der Waals surface area (Å²) in [7, 11) is 1.61. The minimum Gasteiger partial charge on any atom is -0.496 e. The summed E-state index contributed by atoms with van der Waals surface area (Å²) in [6.07, 6.45) is 0. The Labute approximate surface area is 149 Å². The number of nitrogens with zero attached hydrogens (tertiary/aromatic N) is 1. The first-order valence-electron chi connectivity index (χ1n) is 7.69. The van der Waals surface area contributed by atoms with Crippen LogP contribution in [0.15, 0.2) is 46.9 Å². The summed E-state index contributed by atoms with van der Waals surface area (Å²) in [5.74, 6) is 0.359. The number of esters is 1. The maximum absolute atomic E-state index is 12.5. The summed E-state index contributed by atoms with van der Waals surface area (Å²) in [5, 5.41) is 0.815. The summed E-state index contributed by atoms with van der Waals surface area (Å²) in [6.45, 7) is 4.07. The molecule has 0 fully saturated rings. The minimum atomic E-state index is -0.320. The lowest BCUT2D eigenvalue weighted by atomic mass is 10.1. The third kappa shape index (κ3) is 2.69. The lowest BCUT2D eigenvalue weighted by molar-refractivity contribution is 0.0527. The molecule has 2 aromatic carbocycles. The van der Waals surface area contributed by atoms with Crippen molar-refractivity contribution in [1.29, 1.82) is 0 Å². The van der Waals surface area contributed by atoms with Gasteiger partial charge in [0.2, 0.25) is 0 Å². The third-order valence-corrected chi connectivity index (χ3v) is 4.59. The second-order valence-electron chi connectivity index (χ2n) is 5.36. The van der Waals surface area contributed by atoms with Gasteiger partial charge in [-0.05, 0) is 54.0 Å². The summed E-state index contributed by atoms with van der Waals surface area (Å²) in [5.41, 5.74) is 3.33. The van der Waals surface area contributed by atoms with E-state index in [0.29, 0.717) is 17.9 Å². The number of benzene rings is 2. The summed E-state index contributed by atoms with van der Waals surface area (Å²) in [4.78, 5) is 12.5. The van der Waals surface area contributed by atoms with E-state index in [0.717, 1.165) is 26.8 Å². The number of halogens is 1. The Morgan fingerprint density at radius 1 is 1.21 bits per heavy atom. The molecule has 0 aliphatic rings. The van der Waals surface area contributed by atoms with Crippen molar-refractivity contribution in [2.24, 2.45) is 0 Å². The van der Waals surface area contributed by atoms with Crippen LogP contribution in [-0.4, -0.2) is 24.3 Å². The van der Waals surface area contributed by atoms with Crippen molar-refractivity contribution in [3.05, 3.63) is 58.2 Å². The van der Waals surface area contributed by atoms with Gasteiger partial charge in [0.1, 0.15) is 5.75 Å². The number of fused-ring (bicyclic) bond motifs is 1. The number of hydrogen-bond acceptors (Lipinski definition) is 3. The van der Waals surface area contributed by atoms with Crippen LogP contribution < -0.4 is 4.74 Å². The van der Waals surface area contributed by atoms with E-state index in [4.69, 9.17) is 9.47 Å². The van der Waals surface area contributed by atoms with Gasteiger partial charge in [-0.1, -0.05) is 18.2 Å². The van der Waals surface area contributed by atoms with Crippen LogP contribution in [0.3, 0.4) is 0 Å². The molecule has 0 radical (unpaired) electrons. The first-order chi connectivity index (χ1) is 11.6. The Morgan fingerprint density at radius 3 is 2.54 bits per heavy atom. The lowest BCUT2D eigenvalue weighted by Crippen LogP contribution is -2.07. The van der Waals surface area contributed by atoms with Gasteiger partial charge in [-0.25, -0.2) is 4.79 Å². The van der Waals surface area contributed by atoms with Gasteiger partial charge < -0.3 is 14.0 Å². The molecule has 1 aromatic heterocycles. The number of rotatable bonds is 4. The van der Waals surface area contributed by atoms with Crippen LogP contribution in [0.4, 0.5) is 0 Å². The molecule has 0 unspecified atom stereocenters. The highest BCUT2D eigenvalue weighted by Gasteiger charge is 2.23. The van der Waals surface area contributed by atoms with Crippen molar-refractivity contribution in [2.45, 2.75) is 13.8 Å². The molecule has 3 aromatic rings. The molecular weight excluding hydrogens is 370 g/mol. The van der Waals surface area contributed by atoms with Crippen molar-refractivity contribution < 1.29 is 14.3 Å². The number of aromatic nitrogens is 1. The topological polar surface area (TPSA) is 40.5 Å². The van der Waals surface area contributed by atoms with E-state index in [1.807, 2.05) is 49.4 Å². The molecule has 0 saturated heterocycles. The average Bonchev–Trinajstić information content (AvgIpc) is 2.86. The number of methoxy groups -OCH3 is 1. The second kappa shape index (κ2) is 6.69. The lowest BCUT2D eigenvalue weighted by Gasteiger charge is -2.09. The zero-order valence-corrected chi connectivity index (χ0v) is 15.4.